The van der Waals surface area contributed by atoms with E-state index in [0.717, 1.165) is 13.1 Å². The summed E-state index contributed by atoms with van der Waals surface area (Å²) in [5.41, 5.74) is 8.92. The number of rotatable bonds is 1. The fourth-order valence-corrected chi connectivity index (χ4v) is 1.90. The maximum absolute atomic E-state index is 6.22. The minimum Gasteiger partial charge on any atom is -0.319 e. The van der Waals surface area contributed by atoms with Gasteiger partial charge in [0.05, 0.1) is 5.54 Å². The van der Waals surface area contributed by atoms with Gasteiger partial charge in [-0.3, -0.25) is 0 Å². The SMILES string of the molecule is CC(C)(C)c1ccc(C2(N)CNC2)cc1. The Hall–Kier alpha value is -0.860. The highest BCUT2D eigenvalue weighted by Gasteiger charge is 2.34. The van der Waals surface area contributed by atoms with Crippen molar-refractivity contribution in [1.82, 2.24) is 5.32 Å². The van der Waals surface area contributed by atoms with E-state index in [4.69, 9.17) is 5.73 Å². The van der Waals surface area contributed by atoms with Crippen molar-refractivity contribution in [2.24, 2.45) is 5.73 Å². The number of hydrogen-bond acceptors (Lipinski definition) is 2. The second-order valence-corrected chi connectivity index (χ2v) is 5.59. The summed E-state index contributed by atoms with van der Waals surface area (Å²) in [7, 11) is 0. The molecule has 2 nitrogen and oxygen atoms in total. The molecule has 0 bridgehead atoms. The van der Waals surface area contributed by atoms with Crippen molar-refractivity contribution in [1.29, 1.82) is 0 Å². The van der Waals surface area contributed by atoms with Gasteiger partial charge < -0.3 is 11.1 Å². The monoisotopic (exact) mass is 204 g/mol. The molecule has 2 heteroatoms. The molecule has 1 heterocycles. The van der Waals surface area contributed by atoms with Crippen molar-refractivity contribution in [3.63, 3.8) is 0 Å². The van der Waals surface area contributed by atoms with E-state index in [9.17, 15) is 0 Å². The van der Waals surface area contributed by atoms with Crippen LogP contribution in [0.1, 0.15) is 31.9 Å². The van der Waals surface area contributed by atoms with E-state index in [1.165, 1.54) is 11.1 Å². The standard InChI is InChI=1S/C13H20N2/c1-12(2,3)10-4-6-11(7-5-10)13(14)8-15-9-13/h4-7,15H,8-9,14H2,1-3H3. The summed E-state index contributed by atoms with van der Waals surface area (Å²) in [5, 5.41) is 3.22. The topological polar surface area (TPSA) is 38.0 Å². The molecule has 0 radical (unpaired) electrons. The molecule has 0 atom stereocenters. The zero-order chi connectivity index (χ0) is 11.1. The quantitative estimate of drug-likeness (QED) is 0.731. The van der Waals surface area contributed by atoms with Crippen LogP contribution in [0.4, 0.5) is 0 Å². The fraction of sp³-hybridized carbons (Fsp3) is 0.538. The van der Waals surface area contributed by atoms with Crippen LogP contribution < -0.4 is 11.1 Å². The van der Waals surface area contributed by atoms with E-state index in [1.54, 1.807) is 0 Å². The molecule has 2 rings (SSSR count). The van der Waals surface area contributed by atoms with Crippen LogP contribution in [0.3, 0.4) is 0 Å². The zero-order valence-electron chi connectivity index (χ0n) is 9.80. The van der Waals surface area contributed by atoms with Crippen LogP contribution in [0.25, 0.3) is 0 Å². The number of benzene rings is 1. The molecule has 0 aliphatic carbocycles. The van der Waals surface area contributed by atoms with E-state index in [-0.39, 0.29) is 11.0 Å². The molecule has 1 fully saturated rings. The summed E-state index contributed by atoms with van der Waals surface area (Å²) in [6.07, 6.45) is 0. The van der Waals surface area contributed by atoms with Gasteiger partial charge in [-0.25, -0.2) is 0 Å². The molecule has 0 aromatic heterocycles. The van der Waals surface area contributed by atoms with Crippen LogP contribution in [-0.4, -0.2) is 13.1 Å². The number of nitrogens with two attached hydrogens (primary N) is 1. The maximum Gasteiger partial charge on any atom is 0.0662 e. The average Bonchev–Trinajstić information content (AvgIpc) is 2.13. The fourth-order valence-electron chi connectivity index (χ4n) is 1.90. The average molecular weight is 204 g/mol. The first-order valence-electron chi connectivity index (χ1n) is 5.52. The summed E-state index contributed by atoms with van der Waals surface area (Å²) in [6.45, 7) is 8.46. The summed E-state index contributed by atoms with van der Waals surface area (Å²) in [4.78, 5) is 0. The van der Waals surface area contributed by atoms with E-state index in [2.05, 4.69) is 50.4 Å². The predicted molar refractivity (Wildman–Crippen MR) is 63.9 cm³/mol. The zero-order valence-corrected chi connectivity index (χ0v) is 9.80. The van der Waals surface area contributed by atoms with E-state index in [0.29, 0.717) is 0 Å². The van der Waals surface area contributed by atoms with E-state index >= 15 is 0 Å². The molecule has 0 spiro atoms. The molecule has 0 unspecified atom stereocenters. The highest BCUT2D eigenvalue weighted by atomic mass is 15.1. The minimum absolute atomic E-state index is 0.129. The normalized spacial score (nSPS) is 19.7. The number of nitrogens with one attached hydrogen (secondary N) is 1. The first-order chi connectivity index (χ1) is 6.92. The van der Waals surface area contributed by atoms with Crippen molar-refractivity contribution in [3.8, 4) is 0 Å². The Labute approximate surface area is 91.9 Å². The molecule has 3 N–H and O–H groups in total. The van der Waals surface area contributed by atoms with Gasteiger partial charge in [0.1, 0.15) is 0 Å². The number of hydrogen-bond donors (Lipinski definition) is 2. The van der Waals surface area contributed by atoms with Crippen molar-refractivity contribution < 1.29 is 0 Å². The first kappa shape index (κ1) is 10.7. The van der Waals surface area contributed by atoms with Gasteiger partial charge >= 0.3 is 0 Å². The van der Waals surface area contributed by atoms with Crippen LogP contribution in [-0.2, 0) is 11.0 Å². The third-order valence-electron chi connectivity index (χ3n) is 3.21. The molecule has 0 amide bonds. The largest absolute Gasteiger partial charge is 0.319 e. The second kappa shape index (κ2) is 3.32. The van der Waals surface area contributed by atoms with Crippen LogP contribution >= 0.6 is 0 Å². The highest BCUT2D eigenvalue weighted by Crippen LogP contribution is 2.27. The van der Waals surface area contributed by atoms with Crippen LogP contribution in [0.15, 0.2) is 24.3 Å². The Morgan fingerprint density at radius 1 is 1.13 bits per heavy atom. The predicted octanol–water partition coefficient (Wildman–Crippen LogP) is 1.74. The van der Waals surface area contributed by atoms with Gasteiger partial charge in [0.25, 0.3) is 0 Å². The van der Waals surface area contributed by atoms with Gasteiger partial charge in [0.15, 0.2) is 0 Å². The maximum atomic E-state index is 6.22. The van der Waals surface area contributed by atoms with Crippen molar-refractivity contribution in [2.45, 2.75) is 31.7 Å². The van der Waals surface area contributed by atoms with Crippen molar-refractivity contribution >= 4 is 0 Å². The molecule has 15 heavy (non-hydrogen) atoms. The lowest BCUT2D eigenvalue weighted by atomic mass is 9.82. The van der Waals surface area contributed by atoms with Gasteiger partial charge in [-0.2, -0.15) is 0 Å². The Morgan fingerprint density at radius 3 is 2.00 bits per heavy atom. The molecule has 1 saturated heterocycles. The highest BCUT2D eigenvalue weighted by molar-refractivity contribution is 5.33. The molecule has 1 aliphatic rings. The molecule has 1 aromatic rings. The Morgan fingerprint density at radius 2 is 1.67 bits per heavy atom. The molecule has 82 valence electrons. The molecule has 0 saturated carbocycles. The lowest BCUT2D eigenvalue weighted by Crippen LogP contribution is -2.62. The summed E-state index contributed by atoms with van der Waals surface area (Å²) >= 11 is 0. The molecular formula is C13H20N2. The van der Waals surface area contributed by atoms with Crippen LogP contribution in [0.5, 0.6) is 0 Å². The lowest BCUT2D eigenvalue weighted by Gasteiger charge is -2.39. The lowest BCUT2D eigenvalue weighted by molar-refractivity contribution is 0.287. The molecular weight excluding hydrogens is 184 g/mol. The Balaban J connectivity index is 2.24. The van der Waals surface area contributed by atoms with Crippen LogP contribution in [0.2, 0.25) is 0 Å². The first-order valence-corrected chi connectivity index (χ1v) is 5.52. The third-order valence-corrected chi connectivity index (χ3v) is 3.21. The Kier molecular flexibility index (Phi) is 2.36. The van der Waals surface area contributed by atoms with Gasteiger partial charge in [-0.15, -0.1) is 0 Å². The second-order valence-electron chi connectivity index (χ2n) is 5.59. The third kappa shape index (κ3) is 1.92. The molecule has 1 aliphatic heterocycles. The summed E-state index contributed by atoms with van der Waals surface area (Å²) < 4.78 is 0. The Bertz CT molecular complexity index is 342. The van der Waals surface area contributed by atoms with Crippen molar-refractivity contribution in [2.75, 3.05) is 13.1 Å². The van der Waals surface area contributed by atoms with Crippen molar-refractivity contribution in [3.05, 3.63) is 35.4 Å². The van der Waals surface area contributed by atoms with E-state index in [1.807, 2.05) is 0 Å². The van der Waals surface area contributed by atoms with E-state index < -0.39 is 0 Å². The summed E-state index contributed by atoms with van der Waals surface area (Å²) in [5.74, 6) is 0. The molecule has 1 aromatic carbocycles. The van der Waals surface area contributed by atoms with Crippen LogP contribution in [0, 0.1) is 0 Å². The van der Waals surface area contributed by atoms with Gasteiger partial charge in [-0.1, -0.05) is 45.0 Å². The minimum atomic E-state index is -0.129. The smallest absolute Gasteiger partial charge is 0.0662 e. The summed E-state index contributed by atoms with van der Waals surface area (Å²) in [6, 6.07) is 8.73. The van der Waals surface area contributed by atoms with Gasteiger partial charge in [0.2, 0.25) is 0 Å². The van der Waals surface area contributed by atoms with Gasteiger partial charge in [0, 0.05) is 13.1 Å². The van der Waals surface area contributed by atoms with Gasteiger partial charge in [-0.05, 0) is 16.5 Å².